The highest BCUT2D eigenvalue weighted by Gasteiger charge is 2.21. The van der Waals surface area contributed by atoms with Crippen LogP contribution in [-0.2, 0) is 6.54 Å². The molecule has 0 aliphatic rings. The van der Waals surface area contributed by atoms with Crippen molar-refractivity contribution in [3.05, 3.63) is 18.2 Å². The number of nitrogens with two attached hydrogens (primary N) is 1. The second-order valence-electron chi connectivity index (χ2n) is 4.22. The zero-order valence-corrected chi connectivity index (χ0v) is 9.04. The van der Waals surface area contributed by atoms with Crippen LogP contribution >= 0.6 is 0 Å². The van der Waals surface area contributed by atoms with Crippen LogP contribution in [0, 0.1) is 17.7 Å². The predicted molar refractivity (Wildman–Crippen MR) is 57.3 cm³/mol. The molecule has 0 saturated heterocycles. The van der Waals surface area contributed by atoms with Gasteiger partial charge >= 0.3 is 0 Å². The number of rotatable bonds is 4. The average molecular weight is 194 g/mol. The summed E-state index contributed by atoms with van der Waals surface area (Å²) >= 11 is 0. The molecule has 3 N–H and O–H groups in total. The molecule has 78 valence electrons. The van der Waals surface area contributed by atoms with Crippen LogP contribution < -0.4 is 5.73 Å². The Morgan fingerprint density at radius 3 is 2.71 bits per heavy atom. The zero-order valence-electron chi connectivity index (χ0n) is 9.04. The zero-order chi connectivity index (χ0) is 10.8. The van der Waals surface area contributed by atoms with Gasteiger partial charge in [-0.2, -0.15) is 0 Å². The Morgan fingerprint density at radius 2 is 2.29 bits per heavy atom. The summed E-state index contributed by atoms with van der Waals surface area (Å²) in [4.78, 5) is 4.14. The Morgan fingerprint density at radius 1 is 1.64 bits per heavy atom. The van der Waals surface area contributed by atoms with Gasteiger partial charge in [-0.25, -0.2) is 4.98 Å². The summed E-state index contributed by atoms with van der Waals surface area (Å²) in [6.07, 6.45) is 4.60. The first kappa shape index (κ1) is 10.8. The van der Waals surface area contributed by atoms with Crippen LogP contribution in [0.25, 0.3) is 0 Å². The van der Waals surface area contributed by atoms with E-state index in [2.05, 4.69) is 9.55 Å². The Bertz CT molecular complexity index is 325. The third kappa shape index (κ3) is 2.34. The lowest BCUT2D eigenvalue weighted by atomic mass is 9.88. The van der Waals surface area contributed by atoms with Crippen molar-refractivity contribution in [1.29, 1.82) is 5.41 Å². The van der Waals surface area contributed by atoms with E-state index < -0.39 is 0 Å². The predicted octanol–water partition coefficient (Wildman–Crippen LogP) is 1.54. The van der Waals surface area contributed by atoms with Crippen LogP contribution in [0.2, 0.25) is 0 Å². The molecule has 4 nitrogen and oxygen atoms in total. The molecule has 0 fully saturated rings. The van der Waals surface area contributed by atoms with E-state index >= 15 is 0 Å². The third-order valence-electron chi connectivity index (χ3n) is 2.63. The summed E-state index contributed by atoms with van der Waals surface area (Å²) in [5, 5.41) is 7.43. The first-order chi connectivity index (χ1) is 6.43. The lowest BCUT2D eigenvalue weighted by Crippen LogP contribution is -2.31. The Labute approximate surface area is 84.7 Å². The van der Waals surface area contributed by atoms with Crippen LogP contribution in [-0.4, -0.2) is 15.4 Å². The second kappa shape index (κ2) is 3.82. The second-order valence-corrected chi connectivity index (χ2v) is 4.22. The van der Waals surface area contributed by atoms with Gasteiger partial charge in [0.2, 0.25) is 0 Å². The first-order valence-electron chi connectivity index (χ1n) is 4.76. The van der Waals surface area contributed by atoms with Gasteiger partial charge in [0.05, 0.1) is 5.84 Å². The van der Waals surface area contributed by atoms with E-state index in [1.807, 2.05) is 27.0 Å². The van der Waals surface area contributed by atoms with Gasteiger partial charge in [-0.3, -0.25) is 5.41 Å². The fraction of sp³-hybridized carbons (Fsp3) is 0.600. The maximum Gasteiger partial charge on any atom is 0.105 e. The molecule has 4 heteroatoms. The molecule has 14 heavy (non-hydrogen) atoms. The molecule has 1 aromatic heterocycles. The van der Waals surface area contributed by atoms with Gasteiger partial charge in [-0.1, -0.05) is 13.8 Å². The van der Waals surface area contributed by atoms with Gasteiger partial charge in [-0.05, 0) is 13.3 Å². The van der Waals surface area contributed by atoms with Crippen molar-refractivity contribution in [3.63, 3.8) is 0 Å². The largest absolute Gasteiger partial charge is 0.387 e. The van der Waals surface area contributed by atoms with Gasteiger partial charge < -0.3 is 10.3 Å². The van der Waals surface area contributed by atoms with Crippen LogP contribution in [0.5, 0.6) is 0 Å². The van der Waals surface area contributed by atoms with Gasteiger partial charge in [0.25, 0.3) is 0 Å². The van der Waals surface area contributed by atoms with Crippen molar-refractivity contribution in [2.75, 3.05) is 0 Å². The number of hydrogen-bond acceptors (Lipinski definition) is 2. The number of nitrogens with one attached hydrogen (secondary N) is 1. The molecule has 0 saturated carbocycles. The Kier molecular flexibility index (Phi) is 2.93. The van der Waals surface area contributed by atoms with Crippen molar-refractivity contribution in [2.45, 2.75) is 33.7 Å². The number of nitrogens with zero attached hydrogens (tertiary/aromatic N) is 2. The highest BCUT2D eigenvalue weighted by molar-refractivity contribution is 5.82. The number of hydrogen-bond donors (Lipinski definition) is 2. The quantitative estimate of drug-likeness (QED) is 0.564. The third-order valence-corrected chi connectivity index (χ3v) is 2.63. The van der Waals surface area contributed by atoms with Crippen molar-refractivity contribution >= 4 is 5.84 Å². The van der Waals surface area contributed by atoms with Crippen LogP contribution in [0.3, 0.4) is 0 Å². The number of aromatic nitrogens is 2. The maximum atomic E-state index is 7.43. The van der Waals surface area contributed by atoms with Crippen LogP contribution in [0.4, 0.5) is 0 Å². The van der Waals surface area contributed by atoms with E-state index in [9.17, 15) is 0 Å². The summed E-state index contributed by atoms with van der Waals surface area (Å²) in [5.74, 6) is 1.25. The molecular formula is C10H18N4. The molecule has 1 rings (SSSR count). The summed E-state index contributed by atoms with van der Waals surface area (Å²) in [5.41, 5.74) is 5.28. The summed E-state index contributed by atoms with van der Waals surface area (Å²) in [6, 6.07) is 0. The SMILES string of the molecule is Cc1nccn1CCC(C)(C)C(=N)N. The van der Waals surface area contributed by atoms with Crippen molar-refractivity contribution in [1.82, 2.24) is 9.55 Å². The molecule has 1 aromatic rings. The molecule has 0 aliphatic carbocycles. The Hall–Kier alpha value is -1.32. The molecular weight excluding hydrogens is 176 g/mol. The topological polar surface area (TPSA) is 67.7 Å². The summed E-state index contributed by atoms with van der Waals surface area (Å²) in [7, 11) is 0. The average Bonchev–Trinajstić information content (AvgIpc) is 2.47. The number of imidazole rings is 1. The normalized spacial score (nSPS) is 11.6. The van der Waals surface area contributed by atoms with Crippen molar-refractivity contribution in [2.24, 2.45) is 11.1 Å². The lowest BCUT2D eigenvalue weighted by molar-refractivity contribution is 0.424. The molecule has 0 aromatic carbocycles. The summed E-state index contributed by atoms with van der Waals surface area (Å²) < 4.78 is 2.07. The molecule has 0 spiro atoms. The monoisotopic (exact) mass is 194 g/mol. The smallest absolute Gasteiger partial charge is 0.105 e. The number of aryl methyl sites for hydroxylation is 2. The van der Waals surface area contributed by atoms with Gasteiger partial charge in [0.15, 0.2) is 0 Å². The first-order valence-corrected chi connectivity index (χ1v) is 4.76. The Balaban J connectivity index is 2.57. The fourth-order valence-electron chi connectivity index (χ4n) is 1.17. The lowest BCUT2D eigenvalue weighted by Gasteiger charge is -2.23. The molecule has 0 unspecified atom stereocenters. The molecule has 0 amide bonds. The fourth-order valence-corrected chi connectivity index (χ4v) is 1.17. The van der Waals surface area contributed by atoms with Gasteiger partial charge in [-0.15, -0.1) is 0 Å². The van der Waals surface area contributed by atoms with E-state index in [0.717, 1.165) is 18.8 Å². The summed E-state index contributed by atoms with van der Waals surface area (Å²) in [6.45, 7) is 6.81. The van der Waals surface area contributed by atoms with Crippen LogP contribution in [0.1, 0.15) is 26.1 Å². The minimum Gasteiger partial charge on any atom is -0.387 e. The van der Waals surface area contributed by atoms with E-state index in [0.29, 0.717) is 0 Å². The molecule has 0 radical (unpaired) electrons. The highest BCUT2D eigenvalue weighted by Crippen LogP contribution is 2.20. The van der Waals surface area contributed by atoms with E-state index in [1.54, 1.807) is 6.20 Å². The molecule has 1 heterocycles. The van der Waals surface area contributed by atoms with Crippen molar-refractivity contribution < 1.29 is 0 Å². The standard InChI is InChI=1S/C10H18N4/c1-8-13-5-7-14(8)6-4-10(2,3)9(11)12/h5,7H,4,6H2,1-3H3,(H3,11,12). The molecule has 0 atom stereocenters. The van der Waals surface area contributed by atoms with Crippen LogP contribution in [0.15, 0.2) is 12.4 Å². The minimum absolute atomic E-state index is 0.225. The minimum atomic E-state index is -0.225. The van der Waals surface area contributed by atoms with E-state index in [4.69, 9.17) is 11.1 Å². The highest BCUT2D eigenvalue weighted by atomic mass is 15.0. The number of amidine groups is 1. The maximum absolute atomic E-state index is 7.43. The van der Waals surface area contributed by atoms with Crippen molar-refractivity contribution in [3.8, 4) is 0 Å². The van der Waals surface area contributed by atoms with E-state index in [-0.39, 0.29) is 11.3 Å². The van der Waals surface area contributed by atoms with Gasteiger partial charge in [0, 0.05) is 24.4 Å². The van der Waals surface area contributed by atoms with Gasteiger partial charge in [0.1, 0.15) is 5.82 Å². The molecule has 0 aliphatic heterocycles. The molecule has 0 bridgehead atoms. The van der Waals surface area contributed by atoms with E-state index in [1.165, 1.54) is 0 Å².